The molecule has 0 atom stereocenters. The first kappa shape index (κ1) is 14.3. The van der Waals surface area contributed by atoms with Crippen LogP contribution in [-0.4, -0.2) is 56.9 Å². The summed E-state index contributed by atoms with van der Waals surface area (Å²) in [4.78, 5) is 13.0. The second-order valence-corrected chi connectivity index (χ2v) is 4.76. The van der Waals surface area contributed by atoms with Gasteiger partial charge in [-0.25, -0.2) is 4.79 Å². The van der Waals surface area contributed by atoms with Gasteiger partial charge in [-0.15, -0.1) is 0 Å². The first-order valence-electron chi connectivity index (χ1n) is 6.51. The Balaban J connectivity index is 1.83. The van der Waals surface area contributed by atoms with Gasteiger partial charge in [0.2, 0.25) is 0 Å². The summed E-state index contributed by atoms with van der Waals surface area (Å²) >= 11 is 0. The fraction of sp³-hybridized carbons (Fsp3) is 0.917. The summed E-state index contributed by atoms with van der Waals surface area (Å²) in [6.45, 7) is 10.0. The van der Waals surface area contributed by atoms with Crippen molar-refractivity contribution in [1.29, 1.82) is 0 Å². The number of carbonyl (C=O) groups excluding carboxylic acids is 1. The molecule has 1 aliphatic rings. The molecule has 0 bridgehead atoms. The fourth-order valence-electron chi connectivity index (χ4n) is 1.63. The Bertz CT molecular complexity index is 222. The molecule has 1 rings (SSSR count). The molecule has 1 saturated heterocycles. The number of nitrogens with one attached hydrogen (secondary N) is 2. The molecule has 0 spiro atoms. The van der Waals surface area contributed by atoms with Crippen molar-refractivity contribution in [3.05, 3.63) is 0 Å². The molecule has 0 radical (unpaired) electrons. The number of hydrogen-bond acceptors (Lipinski definition) is 3. The number of urea groups is 1. The number of ether oxygens (including phenoxy) is 1. The summed E-state index contributed by atoms with van der Waals surface area (Å²) in [7, 11) is 0. The Kier molecular flexibility index (Phi) is 6.96. The molecule has 0 aromatic carbocycles. The topological polar surface area (TPSA) is 53.6 Å². The first-order chi connectivity index (χ1) is 8.20. The lowest BCUT2D eigenvalue weighted by molar-refractivity contribution is 0.125. The molecule has 0 aliphatic carbocycles. The molecule has 0 saturated carbocycles. The zero-order valence-electron chi connectivity index (χ0n) is 11.0. The first-order valence-corrected chi connectivity index (χ1v) is 6.51. The van der Waals surface area contributed by atoms with Gasteiger partial charge in [-0.05, 0) is 12.3 Å². The Hall–Kier alpha value is -0.810. The zero-order valence-corrected chi connectivity index (χ0v) is 11.0. The Labute approximate surface area is 104 Å². The summed E-state index contributed by atoms with van der Waals surface area (Å²) in [5.74, 6) is 0.705. The highest BCUT2D eigenvalue weighted by Crippen LogP contribution is 1.98. The third-order valence-electron chi connectivity index (χ3n) is 2.77. The van der Waals surface area contributed by atoms with Gasteiger partial charge in [0.25, 0.3) is 0 Å². The van der Waals surface area contributed by atoms with Crippen molar-refractivity contribution in [3.63, 3.8) is 0 Å². The molecule has 0 unspecified atom stereocenters. The number of amides is 2. The van der Waals surface area contributed by atoms with Crippen LogP contribution in [-0.2, 0) is 4.74 Å². The lowest BCUT2D eigenvalue weighted by atomic mass is 10.1. The maximum Gasteiger partial charge on any atom is 0.317 e. The zero-order chi connectivity index (χ0) is 12.5. The van der Waals surface area contributed by atoms with E-state index in [1.807, 2.05) is 4.90 Å². The van der Waals surface area contributed by atoms with Crippen LogP contribution in [0.25, 0.3) is 0 Å². The van der Waals surface area contributed by atoms with Crippen LogP contribution in [0.1, 0.15) is 20.3 Å². The highest BCUT2D eigenvalue weighted by molar-refractivity contribution is 5.76. The van der Waals surface area contributed by atoms with Crippen LogP contribution in [0.3, 0.4) is 0 Å². The highest BCUT2D eigenvalue weighted by Gasteiger charge is 2.17. The van der Waals surface area contributed by atoms with E-state index in [1.54, 1.807) is 0 Å². The van der Waals surface area contributed by atoms with E-state index in [1.165, 1.54) is 0 Å². The molecule has 1 aliphatic heterocycles. The lowest BCUT2D eigenvalue weighted by Crippen LogP contribution is -2.35. The van der Waals surface area contributed by atoms with Crippen molar-refractivity contribution in [3.8, 4) is 0 Å². The minimum atomic E-state index is 0.0555. The smallest absolute Gasteiger partial charge is 0.317 e. The van der Waals surface area contributed by atoms with Gasteiger partial charge in [-0.2, -0.15) is 0 Å². The Morgan fingerprint density at radius 2 is 2.24 bits per heavy atom. The monoisotopic (exact) mass is 243 g/mol. The van der Waals surface area contributed by atoms with E-state index in [4.69, 9.17) is 4.74 Å². The van der Waals surface area contributed by atoms with Crippen LogP contribution >= 0.6 is 0 Å². The summed E-state index contributed by atoms with van der Waals surface area (Å²) in [6, 6.07) is 0.0555. The van der Waals surface area contributed by atoms with Crippen LogP contribution in [0.2, 0.25) is 0 Å². The van der Waals surface area contributed by atoms with Crippen LogP contribution in [0.15, 0.2) is 0 Å². The molecule has 5 heteroatoms. The van der Waals surface area contributed by atoms with Crippen LogP contribution in [0, 0.1) is 5.92 Å². The predicted molar refractivity (Wildman–Crippen MR) is 68.1 cm³/mol. The van der Waals surface area contributed by atoms with Crippen LogP contribution in [0.4, 0.5) is 4.79 Å². The molecule has 1 heterocycles. The van der Waals surface area contributed by atoms with Gasteiger partial charge in [0.15, 0.2) is 0 Å². The number of nitrogens with zero attached hydrogens (tertiary/aromatic N) is 1. The van der Waals surface area contributed by atoms with Gasteiger partial charge < -0.3 is 20.3 Å². The van der Waals surface area contributed by atoms with Crippen molar-refractivity contribution >= 4 is 6.03 Å². The van der Waals surface area contributed by atoms with E-state index in [9.17, 15) is 4.79 Å². The second-order valence-electron chi connectivity index (χ2n) is 4.76. The normalized spacial score (nSPS) is 15.7. The maximum absolute atomic E-state index is 11.2. The number of rotatable bonds is 9. The summed E-state index contributed by atoms with van der Waals surface area (Å²) in [5.41, 5.74) is 0. The summed E-state index contributed by atoms with van der Waals surface area (Å²) in [5, 5.41) is 6.06. The molecule has 100 valence electrons. The fourth-order valence-corrected chi connectivity index (χ4v) is 1.63. The van der Waals surface area contributed by atoms with Gasteiger partial charge in [0.1, 0.15) is 0 Å². The van der Waals surface area contributed by atoms with Crippen molar-refractivity contribution in [2.75, 3.05) is 45.9 Å². The summed E-state index contributed by atoms with van der Waals surface area (Å²) in [6.07, 6.45) is 1.12. The molecule has 2 amide bonds. The molecule has 0 aromatic rings. The minimum Gasteiger partial charge on any atom is -0.380 e. The third-order valence-corrected chi connectivity index (χ3v) is 2.77. The molecular formula is C12H25N3O2. The largest absolute Gasteiger partial charge is 0.380 e. The number of hydrogen-bond donors (Lipinski definition) is 2. The van der Waals surface area contributed by atoms with E-state index >= 15 is 0 Å². The predicted octanol–water partition coefficient (Wildman–Crippen LogP) is 0.664. The Morgan fingerprint density at radius 1 is 1.41 bits per heavy atom. The molecule has 0 aromatic heterocycles. The lowest BCUT2D eigenvalue weighted by Gasteiger charge is -2.14. The molecule has 5 nitrogen and oxygen atoms in total. The minimum absolute atomic E-state index is 0.0555. The average molecular weight is 243 g/mol. The highest BCUT2D eigenvalue weighted by atomic mass is 16.5. The quantitative estimate of drug-likeness (QED) is 0.585. The third kappa shape index (κ3) is 6.48. The van der Waals surface area contributed by atoms with Gasteiger partial charge in [-0.1, -0.05) is 13.8 Å². The molecule has 17 heavy (non-hydrogen) atoms. The SMILES string of the molecule is CC(C)CCOCCNCCN1CCNC1=O. The standard InChI is InChI=1S/C12H25N3O2/c1-11(2)3-9-17-10-6-13-4-7-15-8-5-14-12(15)16/h11,13H,3-10H2,1-2H3,(H,14,16). The van der Waals surface area contributed by atoms with Crippen molar-refractivity contribution in [2.45, 2.75) is 20.3 Å². The van der Waals surface area contributed by atoms with E-state index in [0.29, 0.717) is 5.92 Å². The van der Waals surface area contributed by atoms with Crippen molar-refractivity contribution in [1.82, 2.24) is 15.5 Å². The van der Waals surface area contributed by atoms with Gasteiger partial charge >= 0.3 is 6.03 Å². The van der Waals surface area contributed by atoms with E-state index < -0.39 is 0 Å². The second kappa shape index (κ2) is 8.31. The van der Waals surface area contributed by atoms with Gasteiger partial charge in [0, 0.05) is 39.3 Å². The maximum atomic E-state index is 11.2. The van der Waals surface area contributed by atoms with E-state index in [2.05, 4.69) is 24.5 Å². The summed E-state index contributed by atoms with van der Waals surface area (Å²) < 4.78 is 5.48. The van der Waals surface area contributed by atoms with Gasteiger partial charge in [0.05, 0.1) is 6.61 Å². The van der Waals surface area contributed by atoms with Crippen molar-refractivity contribution < 1.29 is 9.53 Å². The molecule has 2 N–H and O–H groups in total. The number of carbonyl (C=O) groups is 1. The molecular weight excluding hydrogens is 218 g/mol. The van der Waals surface area contributed by atoms with E-state index in [-0.39, 0.29) is 6.03 Å². The molecule has 1 fully saturated rings. The van der Waals surface area contributed by atoms with E-state index in [0.717, 1.165) is 52.4 Å². The van der Waals surface area contributed by atoms with Crippen LogP contribution < -0.4 is 10.6 Å². The Morgan fingerprint density at radius 3 is 2.88 bits per heavy atom. The van der Waals surface area contributed by atoms with Crippen molar-refractivity contribution in [2.24, 2.45) is 5.92 Å². The average Bonchev–Trinajstić information content (AvgIpc) is 2.68. The van der Waals surface area contributed by atoms with Crippen LogP contribution in [0.5, 0.6) is 0 Å². The van der Waals surface area contributed by atoms with Gasteiger partial charge in [-0.3, -0.25) is 0 Å².